The highest BCUT2D eigenvalue weighted by Crippen LogP contribution is 2.28. The molecule has 1 fully saturated rings. The maximum atomic E-state index is 12.1. The molecule has 1 aliphatic heterocycles. The van der Waals surface area contributed by atoms with E-state index in [9.17, 15) is 9.59 Å². The molecule has 5 nitrogen and oxygen atoms in total. The van der Waals surface area contributed by atoms with E-state index in [-0.39, 0.29) is 11.8 Å². The van der Waals surface area contributed by atoms with E-state index in [4.69, 9.17) is 0 Å². The molecule has 0 saturated carbocycles. The number of nitrogens with zero attached hydrogens (tertiary/aromatic N) is 1. The van der Waals surface area contributed by atoms with Crippen molar-refractivity contribution < 1.29 is 9.59 Å². The molecule has 0 radical (unpaired) electrons. The average Bonchev–Trinajstić information content (AvgIpc) is 2.91. The molecule has 0 aromatic carbocycles. The van der Waals surface area contributed by atoms with Crippen LogP contribution in [0.15, 0.2) is 5.38 Å². The lowest BCUT2D eigenvalue weighted by atomic mass is 10.1. The summed E-state index contributed by atoms with van der Waals surface area (Å²) in [4.78, 5) is 28.5. The van der Waals surface area contributed by atoms with Crippen molar-refractivity contribution in [3.05, 3.63) is 16.1 Å². The summed E-state index contributed by atoms with van der Waals surface area (Å²) in [5, 5.41) is 8.84. The fourth-order valence-electron chi connectivity index (χ4n) is 2.01. The predicted molar refractivity (Wildman–Crippen MR) is 91.4 cm³/mol. The Kier molecular flexibility index (Phi) is 5.50. The summed E-state index contributed by atoms with van der Waals surface area (Å²) in [6.45, 7) is 8.52. The molecule has 0 spiro atoms. The number of carbonyl (C=O) groups excluding carboxylic acids is 2. The maximum Gasteiger partial charge on any atom is 0.243 e. The van der Waals surface area contributed by atoms with Gasteiger partial charge in [0.1, 0.15) is 6.04 Å². The molecular formula is C15H23N3O2S2. The van der Waals surface area contributed by atoms with Crippen LogP contribution in [0.4, 0.5) is 0 Å². The Morgan fingerprint density at radius 2 is 2.27 bits per heavy atom. The Labute approximate surface area is 139 Å². The second-order valence-corrected chi connectivity index (χ2v) is 8.75. The minimum atomic E-state index is -0.454. The second-order valence-electron chi connectivity index (χ2n) is 6.22. The second kappa shape index (κ2) is 7.00. The van der Waals surface area contributed by atoms with Crippen LogP contribution in [-0.2, 0) is 16.0 Å². The highest BCUT2D eigenvalue weighted by Gasteiger charge is 2.37. The monoisotopic (exact) mass is 341 g/mol. The van der Waals surface area contributed by atoms with Crippen molar-refractivity contribution in [3.63, 3.8) is 0 Å². The summed E-state index contributed by atoms with van der Waals surface area (Å²) in [5.41, 5.74) is 1.01. The molecule has 1 saturated heterocycles. The van der Waals surface area contributed by atoms with Gasteiger partial charge in [0, 0.05) is 30.0 Å². The summed E-state index contributed by atoms with van der Waals surface area (Å²) in [7, 11) is 0. The lowest BCUT2D eigenvalue weighted by Crippen LogP contribution is -2.57. The summed E-state index contributed by atoms with van der Waals surface area (Å²) < 4.78 is -0.454. The van der Waals surface area contributed by atoms with Crippen LogP contribution >= 0.6 is 23.1 Å². The third-order valence-corrected chi connectivity index (χ3v) is 6.12. The number of hydrogen-bond donors (Lipinski definition) is 2. The topological polar surface area (TPSA) is 71.1 Å². The number of aromatic nitrogens is 1. The van der Waals surface area contributed by atoms with Crippen LogP contribution in [0.25, 0.3) is 0 Å². The van der Waals surface area contributed by atoms with Gasteiger partial charge in [-0.05, 0) is 13.8 Å². The molecule has 0 bridgehead atoms. The zero-order valence-corrected chi connectivity index (χ0v) is 15.1. The lowest BCUT2D eigenvalue weighted by molar-refractivity contribution is -0.129. The number of amides is 2. The van der Waals surface area contributed by atoms with Crippen molar-refractivity contribution in [3.8, 4) is 0 Å². The highest BCUT2D eigenvalue weighted by atomic mass is 32.2. The van der Waals surface area contributed by atoms with E-state index < -0.39 is 10.8 Å². The van der Waals surface area contributed by atoms with E-state index in [1.807, 2.05) is 19.2 Å². The molecule has 2 rings (SSSR count). The molecule has 1 atom stereocenters. The van der Waals surface area contributed by atoms with Gasteiger partial charge in [-0.15, -0.1) is 23.1 Å². The normalized spacial score (nSPS) is 20.8. The number of rotatable bonds is 5. The third-order valence-electron chi connectivity index (χ3n) is 3.52. The standard InChI is InChI=1S/C15H23N3O2S2/c1-9(2)13-17-10(7-21-13)5-6-16-12(19)11-8-22-15(3,4)14(20)18-11/h7,9,11H,5-6,8H2,1-4H3,(H,16,19)(H,18,20)/t11-/m0/s1. The first-order valence-electron chi connectivity index (χ1n) is 7.46. The smallest absolute Gasteiger partial charge is 0.243 e. The van der Waals surface area contributed by atoms with Gasteiger partial charge in [-0.2, -0.15) is 0 Å². The van der Waals surface area contributed by atoms with Gasteiger partial charge in [0.25, 0.3) is 0 Å². The Morgan fingerprint density at radius 3 is 2.86 bits per heavy atom. The van der Waals surface area contributed by atoms with Crippen molar-refractivity contribution in [2.45, 2.75) is 50.8 Å². The fraction of sp³-hybridized carbons (Fsp3) is 0.667. The van der Waals surface area contributed by atoms with Crippen molar-refractivity contribution in [1.82, 2.24) is 15.6 Å². The first-order valence-corrected chi connectivity index (χ1v) is 9.33. The molecule has 0 aliphatic carbocycles. The van der Waals surface area contributed by atoms with Crippen LogP contribution < -0.4 is 10.6 Å². The van der Waals surface area contributed by atoms with E-state index in [0.29, 0.717) is 24.6 Å². The van der Waals surface area contributed by atoms with Gasteiger partial charge < -0.3 is 10.6 Å². The highest BCUT2D eigenvalue weighted by molar-refractivity contribution is 8.01. The maximum absolute atomic E-state index is 12.1. The number of carbonyl (C=O) groups is 2. The molecule has 0 unspecified atom stereocenters. The molecular weight excluding hydrogens is 318 g/mol. The fourth-order valence-corrected chi connectivity index (χ4v) is 3.89. The average molecular weight is 342 g/mol. The SMILES string of the molecule is CC(C)c1nc(CCNC(=O)[C@@H]2CSC(C)(C)C(=O)N2)cs1. The van der Waals surface area contributed by atoms with Gasteiger partial charge in [0.15, 0.2) is 0 Å². The van der Waals surface area contributed by atoms with Gasteiger partial charge in [-0.1, -0.05) is 13.8 Å². The zero-order valence-electron chi connectivity index (χ0n) is 13.4. The minimum absolute atomic E-state index is 0.0787. The van der Waals surface area contributed by atoms with E-state index in [0.717, 1.165) is 10.7 Å². The molecule has 122 valence electrons. The number of hydrogen-bond acceptors (Lipinski definition) is 5. The molecule has 2 N–H and O–H groups in total. The third kappa shape index (κ3) is 4.23. The van der Waals surface area contributed by atoms with Gasteiger partial charge in [-0.25, -0.2) is 4.98 Å². The first kappa shape index (κ1) is 17.3. The molecule has 1 aromatic heterocycles. The Bertz CT molecular complexity index is 555. The van der Waals surface area contributed by atoms with Gasteiger partial charge >= 0.3 is 0 Å². The number of nitrogens with one attached hydrogen (secondary N) is 2. The van der Waals surface area contributed by atoms with Crippen molar-refractivity contribution in [2.24, 2.45) is 0 Å². The van der Waals surface area contributed by atoms with E-state index in [2.05, 4.69) is 29.5 Å². The number of thiazole rings is 1. The van der Waals surface area contributed by atoms with Gasteiger partial charge in [0.2, 0.25) is 11.8 Å². The molecule has 2 amide bonds. The summed E-state index contributed by atoms with van der Waals surface area (Å²) in [5.74, 6) is 0.852. The molecule has 22 heavy (non-hydrogen) atoms. The largest absolute Gasteiger partial charge is 0.354 e. The van der Waals surface area contributed by atoms with E-state index in [1.54, 1.807) is 11.3 Å². The van der Waals surface area contributed by atoms with Gasteiger partial charge in [-0.3, -0.25) is 9.59 Å². The van der Waals surface area contributed by atoms with Crippen molar-refractivity contribution in [2.75, 3.05) is 12.3 Å². The Morgan fingerprint density at radius 1 is 1.55 bits per heavy atom. The lowest BCUT2D eigenvalue weighted by Gasteiger charge is -2.32. The molecule has 2 heterocycles. The molecule has 1 aromatic rings. The zero-order chi connectivity index (χ0) is 16.3. The number of thioether (sulfide) groups is 1. The van der Waals surface area contributed by atoms with Crippen LogP contribution in [0.1, 0.15) is 44.3 Å². The summed E-state index contributed by atoms with van der Waals surface area (Å²) >= 11 is 3.18. The van der Waals surface area contributed by atoms with Crippen LogP contribution in [-0.4, -0.2) is 39.9 Å². The minimum Gasteiger partial charge on any atom is -0.354 e. The Hall–Kier alpha value is -1.08. The summed E-state index contributed by atoms with van der Waals surface area (Å²) in [6.07, 6.45) is 0.717. The van der Waals surface area contributed by atoms with Gasteiger partial charge in [0.05, 0.1) is 15.4 Å². The van der Waals surface area contributed by atoms with Crippen LogP contribution in [0, 0.1) is 0 Å². The Balaban J connectivity index is 1.77. The quantitative estimate of drug-likeness (QED) is 0.858. The van der Waals surface area contributed by atoms with Crippen molar-refractivity contribution in [1.29, 1.82) is 0 Å². The first-order chi connectivity index (χ1) is 10.3. The summed E-state index contributed by atoms with van der Waals surface area (Å²) in [6, 6.07) is -0.438. The van der Waals surface area contributed by atoms with E-state index >= 15 is 0 Å². The molecule has 1 aliphatic rings. The van der Waals surface area contributed by atoms with Crippen LogP contribution in [0.2, 0.25) is 0 Å². The van der Waals surface area contributed by atoms with Crippen molar-refractivity contribution >= 4 is 34.9 Å². The predicted octanol–water partition coefficient (Wildman–Crippen LogP) is 1.94. The van der Waals surface area contributed by atoms with Crippen LogP contribution in [0.3, 0.4) is 0 Å². The van der Waals surface area contributed by atoms with E-state index in [1.165, 1.54) is 11.8 Å². The van der Waals surface area contributed by atoms with Crippen LogP contribution in [0.5, 0.6) is 0 Å². The molecule has 7 heteroatoms.